The lowest BCUT2D eigenvalue weighted by atomic mass is 9.86. The quantitative estimate of drug-likeness (QED) is 0.367. The second kappa shape index (κ2) is 10.6. The van der Waals surface area contributed by atoms with Gasteiger partial charge in [0, 0.05) is 18.4 Å². The maximum absolute atomic E-state index is 12.0. The number of amides is 2. The molecule has 7 heteroatoms. The van der Waals surface area contributed by atoms with Crippen molar-refractivity contribution in [2.75, 3.05) is 7.11 Å². The maximum atomic E-state index is 12.0. The standard InChI is InChI=1S/C22H32N2O5/c1-14(13-15(2)16-11-12-17(28-6)21(27)29-16)9-7-8-10-18(25)24-19(20(23)26)22(3,4)5/h7-10,12-13,15-16,19H,11H2,1-6H3,(H2,23,26)(H,24,25). The van der Waals surface area contributed by atoms with Gasteiger partial charge in [0.1, 0.15) is 12.1 Å². The molecule has 0 aliphatic carbocycles. The molecule has 3 unspecified atom stereocenters. The number of cyclic esters (lactones) is 1. The van der Waals surface area contributed by atoms with Crippen LogP contribution >= 0.6 is 0 Å². The highest BCUT2D eigenvalue weighted by Crippen LogP contribution is 2.22. The zero-order valence-corrected chi connectivity index (χ0v) is 18.0. The number of allylic oxidation sites excluding steroid dienone is 4. The summed E-state index contributed by atoms with van der Waals surface area (Å²) in [5.74, 6) is -1.15. The predicted octanol–water partition coefficient (Wildman–Crippen LogP) is 2.54. The monoisotopic (exact) mass is 404 g/mol. The van der Waals surface area contributed by atoms with Crippen LogP contribution in [0.5, 0.6) is 0 Å². The van der Waals surface area contributed by atoms with Crippen LogP contribution in [0.4, 0.5) is 0 Å². The fourth-order valence-electron chi connectivity index (χ4n) is 2.87. The lowest BCUT2D eigenvalue weighted by Crippen LogP contribution is -2.51. The first-order valence-electron chi connectivity index (χ1n) is 9.53. The van der Waals surface area contributed by atoms with Crippen molar-refractivity contribution in [3.8, 4) is 0 Å². The molecule has 1 aliphatic rings. The van der Waals surface area contributed by atoms with Crippen LogP contribution in [0.3, 0.4) is 0 Å². The molecule has 0 bridgehead atoms. The Bertz CT molecular complexity index is 741. The summed E-state index contributed by atoms with van der Waals surface area (Å²) in [6, 6.07) is -0.753. The molecule has 1 rings (SSSR count). The summed E-state index contributed by atoms with van der Waals surface area (Å²) in [5, 5.41) is 2.62. The van der Waals surface area contributed by atoms with Gasteiger partial charge in [-0.2, -0.15) is 0 Å². The highest BCUT2D eigenvalue weighted by molar-refractivity contribution is 5.93. The van der Waals surface area contributed by atoms with E-state index in [4.69, 9.17) is 15.2 Å². The van der Waals surface area contributed by atoms with E-state index in [2.05, 4.69) is 5.32 Å². The van der Waals surface area contributed by atoms with Gasteiger partial charge in [0.15, 0.2) is 5.76 Å². The van der Waals surface area contributed by atoms with Crippen molar-refractivity contribution in [1.29, 1.82) is 0 Å². The molecule has 0 aromatic rings. The number of esters is 1. The summed E-state index contributed by atoms with van der Waals surface area (Å²) in [5.41, 5.74) is 5.85. The molecule has 0 radical (unpaired) electrons. The Balaban J connectivity index is 2.62. The first kappa shape index (κ1) is 24.2. The summed E-state index contributed by atoms with van der Waals surface area (Å²) >= 11 is 0. The SMILES string of the molecule is COC1=CCC(C(C)C=C(C)C=CC=CC(=O)NC(C(N)=O)C(C)(C)C)OC1=O. The summed E-state index contributed by atoms with van der Waals surface area (Å²) in [7, 11) is 1.44. The molecule has 3 N–H and O–H groups in total. The Kier molecular flexibility index (Phi) is 8.88. The van der Waals surface area contributed by atoms with E-state index in [0.29, 0.717) is 6.42 Å². The predicted molar refractivity (Wildman–Crippen MR) is 111 cm³/mol. The second-order valence-corrected chi connectivity index (χ2v) is 8.15. The number of nitrogens with one attached hydrogen (secondary N) is 1. The number of nitrogens with two attached hydrogens (primary N) is 1. The molecule has 1 aliphatic heterocycles. The first-order chi connectivity index (χ1) is 13.5. The third-order valence-electron chi connectivity index (χ3n) is 4.48. The van der Waals surface area contributed by atoms with E-state index < -0.39 is 29.2 Å². The molecule has 0 spiro atoms. The average Bonchev–Trinajstić information content (AvgIpc) is 2.61. The van der Waals surface area contributed by atoms with Gasteiger partial charge in [-0.05, 0) is 18.4 Å². The van der Waals surface area contributed by atoms with E-state index in [1.165, 1.54) is 13.2 Å². The fraction of sp³-hybridized carbons (Fsp3) is 0.500. The third kappa shape index (κ3) is 7.97. The van der Waals surface area contributed by atoms with Crippen LogP contribution in [0.25, 0.3) is 0 Å². The molecule has 7 nitrogen and oxygen atoms in total. The molecule has 0 aromatic heterocycles. The van der Waals surface area contributed by atoms with Crippen LogP contribution in [0.2, 0.25) is 0 Å². The van der Waals surface area contributed by atoms with Crippen molar-refractivity contribution in [3.63, 3.8) is 0 Å². The van der Waals surface area contributed by atoms with Gasteiger partial charge in [-0.25, -0.2) is 4.79 Å². The van der Waals surface area contributed by atoms with Crippen molar-refractivity contribution in [2.24, 2.45) is 17.1 Å². The number of carbonyl (C=O) groups is 3. The number of hydrogen-bond donors (Lipinski definition) is 2. The highest BCUT2D eigenvalue weighted by atomic mass is 16.6. The van der Waals surface area contributed by atoms with Crippen LogP contribution in [0.1, 0.15) is 41.0 Å². The number of primary amides is 1. The average molecular weight is 405 g/mol. The molecule has 0 saturated carbocycles. The molecular formula is C22H32N2O5. The van der Waals surface area contributed by atoms with Gasteiger partial charge in [-0.1, -0.05) is 57.6 Å². The van der Waals surface area contributed by atoms with Gasteiger partial charge in [0.05, 0.1) is 7.11 Å². The van der Waals surface area contributed by atoms with Crippen molar-refractivity contribution in [3.05, 3.63) is 47.8 Å². The molecule has 1 heterocycles. The Hall–Kier alpha value is -2.83. The molecule has 3 atom stereocenters. The smallest absolute Gasteiger partial charge is 0.373 e. The fourth-order valence-corrected chi connectivity index (χ4v) is 2.87. The van der Waals surface area contributed by atoms with Gasteiger partial charge in [0.25, 0.3) is 0 Å². The molecule has 2 amide bonds. The van der Waals surface area contributed by atoms with Gasteiger partial charge in [-0.3, -0.25) is 9.59 Å². The number of ether oxygens (including phenoxy) is 2. The third-order valence-corrected chi connectivity index (χ3v) is 4.48. The number of hydrogen-bond acceptors (Lipinski definition) is 5. The number of rotatable bonds is 8. The maximum Gasteiger partial charge on any atom is 0.373 e. The molecule has 29 heavy (non-hydrogen) atoms. The summed E-state index contributed by atoms with van der Waals surface area (Å²) < 4.78 is 10.3. The van der Waals surface area contributed by atoms with Crippen molar-refractivity contribution >= 4 is 17.8 Å². The van der Waals surface area contributed by atoms with Gasteiger partial charge in [-0.15, -0.1) is 0 Å². The summed E-state index contributed by atoms with van der Waals surface area (Å²) in [6.45, 7) is 9.39. The van der Waals surface area contributed by atoms with E-state index >= 15 is 0 Å². The Morgan fingerprint density at radius 3 is 2.45 bits per heavy atom. The first-order valence-corrected chi connectivity index (χ1v) is 9.53. The van der Waals surface area contributed by atoms with E-state index in [9.17, 15) is 14.4 Å². The second-order valence-electron chi connectivity index (χ2n) is 8.15. The number of methoxy groups -OCH3 is 1. The topological polar surface area (TPSA) is 108 Å². The minimum Gasteiger partial charge on any atom is -0.490 e. The van der Waals surface area contributed by atoms with Crippen molar-refractivity contribution in [2.45, 2.75) is 53.2 Å². The van der Waals surface area contributed by atoms with Crippen LogP contribution < -0.4 is 11.1 Å². The lowest BCUT2D eigenvalue weighted by molar-refractivity contribution is -0.151. The molecule has 0 fully saturated rings. The van der Waals surface area contributed by atoms with Gasteiger partial charge in [0.2, 0.25) is 11.8 Å². The van der Waals surface area contributed by atoms with Crippen LogP contribution in [-0.2, 0) is 23.9 Å². The molecule has 0 aromatic carbocycles. The minimum absolute atomic E-state index is 0.0219. The normalized spacial score (nSPS) is 20.2. The largest absolute Gasteiger partial charge is 0.490 e. The molecular weight excluding hydrogens is 372 g/mol. The molecule has 0 saturated heterocycles. The van der Waals surface area contributed by atoms with Gasteiger partial charge < -0.3 is 20.5 Å². The van der Waals surface area contributed by atoms with Crippen molar-refractivity contribution < 1.29 is 23.9 Å². The van der Waals surface area contributed by atoms with Crippen molar-refractivity contribution in [1.82, 2.24) is 5.32 Å². The summed E-state index contributed by atoms with van der Waals surface area (Å²) in [6.07, 6.45) is 10.6. The van der Waals surface area contributed by atoms with Crippen LogP contribution in [0, 0.1) is 11.3 Å². The van der Waals surface area contributed by atoms with E-state index in [-0.39, 0.29) is 17.8 Å². The van der Waals surface area contributed by atoms with Crippen LogP contribution in [0.15, 0.2) is 47.8 Å². The highest BCUT2D eigenvalue weighted by Gasteiger charge is 2.30. The number of carbonyl (C=O) groups excluding carboxylic acids is 3. The van der Waals surface area contributed by atoms with E-state index in [1.54, 1.807) is 18.2 Å². The Labute approximate surface area is 172 Å². The van der Waals surface area contributed by atoms with E-state index in [1.807, 2.05) is 46.8 Å². The zero-order chi connectivity index (χ0) is 22.2. The van der Waals surface area contributed by atoms with Gasteiger partial charge >= 0.3 is 5.97 Å². The van der Waals surface area contributed by atoms with Crippen LogP contribution in [-0.4, -0.2) is 37.0 Å². The summed E-state index contributed by atoms with van der Waals surface area (Å²) in [4.78, 5) is 35.3. The Morgan fingerprint density at radius 1 is 1.31 bits per heavy atom. The van der Waals surface area contributed by atoms with E-state index in [0.717, 1.165) is 5.57 Å². The lowest BCUT2D eigenvalue weighted by Gasteiger charge is -2.28. The molecule has 160 valence electrons. The minimum atomic E-state index is -0.753. The Morgan fingerprint density at radius 2 is 1.93 bits per heavy atom. The zero-order valence-electron chi connectivity index (χ0n) is 18.0.